The molecule has 0 amide bonds. The van der Waals surface area contributed by atoms with E-state index in [0.717, 1.165) is 6.08 Å². The number of nitrogens with zero attached hydrogens (tertiary/aromatic N) is 1. The van der Waals surface area contributed by atoms with Crippen LogP contribution >= 0.6 is 0 Å². The van der Waals surface area contributed by atoms with Crippen LogP contribution in [-0.4, -0.2) is 24.8 Å². The molecule has 6 heteroatoms. The Labute approximate surface area is 72.8 Å². The van der Waals surface area contributed by atoms with Crippen molar-refractivity contribution in [3.05, 3.63) is 12.2 Å². The van der Waals surface area contributed by atoms with Crippen LogP contribution in [0.2, 0.25) is 0 Å². The molecule has 74 valence electrons. The molecule has 3 nitrogen and oxygen atoms in total. The van der Waals surface area contributed by atoms with Crippen LogP contribution < -0.4 is 0 Å². The average molecular weight is 195 g/mol. The second-order valence-corrected chi connectivity index (χ2v) is 2.26. The quantitative estimate of drug-likeness (QED) is 0.673. The zero-order chi connectivity index (χ0) is 9.90. The van der Waals surface area contributed by atoms with E-state index in [-0.39, 0.29) is 0 Å². The van der Waals surface area contributed by atoms with Gasteiger partial charge in [-0.1, -0.05) is 5.16 Å². The Hall–Kier alpha value is -1.04. The molecule has 1 heterocycles. The minimum atomic E-state index is -4.46. The summed E-state index contributed by atoms with van der Waals surface area (Å²) in [4.78, 5) is 4.42. The van der Waals surface area contributed by atoms with Crippen LogP contribution in [0.3, 0.4) is 0 Å². The molecule has 0 aliphatic carbocycles. The Bertz CT molecular complexity index is 234. The van der Waals surface area contributed by atoms with Crippen molar-refractivity contribution in [2.75, 3.05) is 6.61 Å². The molecule has 0 aromatic carbocycles. The molecule has 1 aliphatic heterocycles. The Morgan fingerprint density at radius 1 is 1.62 bits per heavy atom. The molecule has 0 fully saturated rings. The molecule has 0 spiro atoms. The van der Waals surface area contributed by atoms with Crippen LogP contribution in [0.1, 0.15) is 6.92 Å². The van der Waals surface area contributed by atoms with E-state index in [0.29, 0.717) is 6.61 Å². The molecule has 0 saturated carbocycles. The first kappa shape index (κ1) is 10.0. The van der Waals surface area contributed by atoms with E-state index >= 15 is 0 Å². The average Bonchev–Trinajstić information content (AvgIpc) is 2.04. The van der Waals surface area contributed by atoms with Crippen molar-refractivity contribution in [1.82, 2.24) is 0 Å². The summed E-state index contributed by atoms with van der Waals surface area (Å²) in [7, 11) is 0. The summed E-state index contributed by atoms with van der Waals surface area (Å²) in [6.07, 6.45) is -3.27. The zero-order valence-electron chi connectivity index (χ0n) is 6.84. The lowest BCUT2D eigenvalue weighted by Gasteiger charge is -2.16. The molecule has 1 atom stereocenters. The highest BCUT2D eigenvalue weighted by Crippen LogP contribution is 2.21. The van der Waals surface area contributed by atoms with Crippen LogP contribution in [0, 0.1) is 0 Å². The lowest BCUT2D eigenvalue weighted by molar-refractivity contribution is -0.116. The lowest BCUT2D eigenvalue weighted by Crippen LogP contribution is -2.26. The summed E-state index contributed by atoms with van der Waals surface area (Å²) in [5.41, 5.74) is -1.05. The number of hydrogen-bond donors (Lipinski definition) is 0. The Morgan fingerprint density at radius 3 is 2.69 bits per heavy atom. The predicted molar refractivity (Wildman–Crippen MR) is 39.1 cm³/mol. The summed E-state index contributed by atoms with van der Waals surface area (Å²) in [6, 6.07) is 0. The van der Waals surface area contributed by atoms with Crippen LogP contribution in [0.5, 0.6) is 0 Å². The highest BCUT2D eigenvalue weighted by Gasteiger charge is 2.36. The number of allylic oxidation sites excluding steroid dienone is 1. The van der Waals surface area contributed by atoms with E-state index in [1.807, 2.05) is 0 Å². The molecule has 13 heavy (non-hydrogen) atoms. The SMILES string of the molecule is CCOC1C=CC(C(F)(F)F)=NO1. The zero-order valence-corrected chi connectivity index (χ0v) is 6.84. The van der Waals surface area contributed by atoms with Gasteiger partial charge in [-0.05, 0) is 19.1 Å². The van der Waals surface area contributed by atoms with E-state index in [4.69, 9.17) is 4.74 Å². The van der Waals surface area contributed by atoms with E-state index in [2.05, 4.69) is 9.99 Å². The highest BCUT2D eigenvalue weighted by molar-refractivity contribution is 5.99. The summed E-state index contributed by atoms with van der Waals surface area (Å²) in [5.74, 6) is 0. The summed E-state index contributed by atoms with van der Waals surface area (Å²) < 4.78 is 40.7. The van der Waals surface area contributed by atoms with Crippen molar-refractivity contribution in [3.8, 4) is 0 Å². The smallest absolute Gasteiger partial charge is 0.359 e. The van der Waals surface area contributed by atoms with E-state index in [1.165, 1.54) is 6.08 Å². The van der Waals surface area contributed by atoms with E-state index in [9.17, 15) is 13.2 Å². The molecular formula is C7H8F3NO2. The van der Waals surface area contributed by atoms with Crippen LogP contribution in [0.4, 0.5) is 13.2 Å². The first-order valence-corrected chi connectivity index (χ1v) is 3.65. The summed E-state index contributed by atoms with van der Waals surface area (Å²) in [6.45, 7) is 2.06. The minimum absolute atomic E-state index is 0.353. The predicted octanol–water partition coefficient (Wildman–Crippen LogP) is 1.85. The molecule has 1 aliphatic rings. The van der Waals surface area contributed by atoms with Crippen molar-refractivity contribution in [2.45, 2.75) is 19.4 Å². The first-order chi connectivity index (χ1) is 6.04. The maximum Gasteiger partial charge on any atom is 0.436 e. The molecule has 0 radical (unpaired) electrons. The number of alkyl halides is 3. The normalized spacial score (nSPS) is 22.5. The van der Waals surface area contributed by atoms with Crippen molar-refractivity contribution in [1.29, 1.82) is 0 Å². The Morgan fingerprint density at radius 2 is 2.31 bits per heavy atom. The lowest BCUT2D eigenvalue weighted by atomic mass is 10.3. The molecule has 1 unspecified atom stereocenters. The standard InChI is InChI=1S/C7H8F3NO2/c1-2-12-6-4-3-5(11-13-6)7(8,9)10/h3-4,6H,2H2,1H3. The third-order valence-corrected chi connectivity index (χ3v) is 1.29. The highest BCUT2D eigenvalue weighted by atomic mass is 19.4. The van der Waals surface area contributed by atoms with Gasteiger partial charge in [0.1, 0.15) is 0 Å². The van der Waals surface area contributed by atoms with Gasteiger partial charge in [0.2, 0.25) is 6.29 Å². The van der Waals surface area contributed by atoms with Gasteiger partial charge in [0.05, 0.1) is 0 Å². The van der Waals surface area contributed by atoms with Gasteiger partial charge < -0.3 is 9.57 Å². The summed E-state index contributed by atoms with van der Waals surface area (Å²) >= 11 is 0. The molecule has 1 rings (SSSR count). The van der Waals surface area contributed by atoms with Crippen molar-refractivity contribution in [2.24, 2.45) is 5.16 Å². The van der Waals surface area contributed by atoms with Crippen molar-refractivity contribution < 1.29 is 22.7 Å². The van der Waals surface area contributed by atoms with Crippen LogP contribution in [0.25, 0.3) is 0 Å². The fourth-order valence-electron chi connectivity index (χ4n) is 0.741. The van der Waals surface area contributed by atoms with Gasteiger partial charge in [-0.25, -0.2) is 0 Å². The second kappa shape index (κ2) is 3.78. The fourth-order valence-corrected chi connectivity index (χ4v) is 0.741. The van der Waals surface area contributed by atoms with Crippen LogP contribution in [0.15, 0.2) is 17.3 Å². The van der Waals surface area contributed by atoms with Gasteiger partial charge in [-0.15, -0.1) is 0 Å². The Balaban J connectivity index is 2.55. The van der Waals surface area contributed by atoms with Gasteiger partial charge in [0.25, 0.3) is 0 Å². The minimum Gasteiger partial charge on any atom is -0.359 e. The Kier molecular flexibility index (Phi) is 2.92. The number of rotatable bonds is 2. The summed E-state index contributed by atoms with van der Waals surface area (Å²) in [5, 5.41) is 2.88. The van der Waals surface area contributed by atoms with Gasteiger partial charge >= 0.3 is 6.18 Å². The topological polar surface area (TPSA) is 30.8 Å². The number of halogens is 3. The number of ether oxygens (including phenoxy) is 1. The third kappa shape index (κ3) is 2.73. The monoisotopic (exact) mass is 195 g/mol. The van der Waals surface area contributed by atoms with E-state index < -0.39 is 18.2 Å². The third-order valence-electron chi connectivity index (χ3n) is 1.29. The van der Waals surface area contributed by atoms with Gasteiger partial charge in [-0.2, -0.15) is 13.2 Å². The molecule has 0 saturated heterocycles. The van der Waals surface area contributed by atoms with Crippen LogP contribution in [-0.2, 0) is 9.57 Å². The number of oxime groups is 1. The van der Waals surface area contributed by atoms with Gasteiger partial charge in [0, 0.05) is 6.61 Å². The molecule has 0 bridgehead atoms. The van der Waals surface area contributed by atoms with Gasteiger partial charge in [0.15, 0.2) is 5.71 Å². The second-order valence-electron chi connectivity index (χ2n) is 2.26. The van der Waals surface area contributed by atoms with Gasteiger partial charge in [-0.3, -0.25) is 0 Å². The number of hydrogen-bond acceptors (Lipinski definition) is 3. The molecule has 0 aromatic rings. The molecular weight excluding hydrogens is 187 g/mol. The molecule has 0 aromatic heterocycles. The first-order valence-electron chi connectivity index (χ1n) is 3.65. The van der Waals surface area contributed by atoms with Crippen molar-refractivity contribution >= 4 is 5.71 Å². The molecule has 0 N–H and O–H groups in total. The van der Waals surface area contributed by atoms with E-state index in [1.54, 1.807) is 6.92 Å². The fraction of sp³-hybridized carbons (Fsp3) is 0.571. The maximum atomic E-state index is 12.0. The van der Waals surface area contributed by atoms with Crippen molar-refractivity contribution in [3.63, 3.8) is 0 Å². The largest absolute Gasteiger partial charge is 0.436 e. The maximum absolute atomic E-state index is 12.0.